The normalized spacial score (nSPS) is 17.7. The first-order valence-electron chi connectivity index (χ1n) is 7.61. The van der Waals surface area contributed by atoms with Crippen LogP contribution in [0.1, 0.15) is 30.9 Å². The highest BCUT2D eigenvalue weighted by atomic mass is 16.4. The van der Waals surface area contributed by atoms with Crippen LogP contribution in [0.3, 0.4) is 0 Å². The number of hydrogen-bond acceptors (Lipinski definition) is 4. The van der Waals surface area contributed by atoms with E-state index in [-0.39, 0.29) is 11.3 Å². The Bertz CT molecular complexity index is 854. The first-order valence-corrected chi connectivity index (χ1v) is 7.61. The third-order valence-corrected chi connectivity index (χ3v) is 4.21. The first-order chi connectivity index (χ1) is 11.5. The van der Waals surface area contributed by atoms with Crippen LogP contribution in [-0.2, 0) is 4.79 Å². The van der Waals surface area contributed by atoms with Crippen LogP contribution in [0.5, 0.6) is 5.75 Å². The maximum atomic E-state index is 11.9. The number of pyridine rings is 1. The molecule has 0 amide bonds. The summed E-state index contributed by atoms with van der Waals surface area (Å²) in [5.74, 6) is -1.51. The Hall–Kier alpha value is -3.08. The molecule has 0 fully saturated rings. The van der Waals surface area contributed by atoms with E-state index in [1.165, 1.54) is 0 Å². The number of nitrogens with one attached hydrogen (secondary N) is 1. The van der Waals surface area contributed by atoms with Crippen LogP contribution in [-0.4, -0.2) is 21.2 Å². The minimum Gasteiger partial charge on any atom is -0.508 e. The number of allylic oxidation sites excluding steroid dienone is 3. The summed E-state index contributed by atoms with van der Waals surface area (Å²) >= 11 is 0. The predicted octanol–water partition coefficient (Wildman–Crippen LogP) is 3.26. The second kappa shape index (κ2) is 6.20. The lowest BCUT2D eigenvalue weighted by Crippen LogP contribution is -2.27. The SMILES string of the molecule is CC1=C(C(=O)O)C(c2ccccc2O)C(c2cccnc2)=C(C)N1. The number of benzene rings is 1. The van der Waals surface area contributed by atoms with Crippen LogP contribution >= 0.6 is 0 Å². The number of rotatable bonds is 3. The topological polar surface area (TPSA) is 82.5 Å². The summed E-state index contributed by atoms with van der Waals surface area (Å²) in [7, 11) is 0. The molecule has 0 bridgehead atoms. The van der Waals surface area contributed by atoms with Crippen molar-refractivity contribution < 1.29 is 15.0 Å². The summed E-state index contributed by atoms with van der Waals surface area (Å²) in [6.45, 7) is 3.64. The van der Waals surface area contributed by atoms with E-state index < -0.39 is 11.9 Å². The Morgan fingerprint density at radius 1 is 1.12 bits per heavy atom. The van der Waals surface area contributed by atoms with Gasteiger partial charge < -0.3 is 15.5 Å². The van der Waals surface area contributed by atoms with Crippen molar-refractivity contribution in [3.8, 4) is 5.75 Å². The molecule has 1 unspecified atom stereocenters. The molecule has 5 nitrogen and oxygen atoms in total. The molecule has 24 heavy (non-hydrogen) atoms. The molecule has 122 valence electrons. The summed E-state index contributed by atoms with van der Waals surface area (Å²) in [6.07, 6.45) is 3.37. The van der Waals surface area contributed by atoms with Crippen molar-refractivity contribution in [1.82, 2.24) is 10.3 Å². The number of hydrogen-bond donors (Lipinski definition) is 3. The summed E-state index contributed by atoms with van der Waals surface area (Å²) in [6, 6.07) is 10.5. The van der Waals surface area contributed by atoms with Crippen molar-refractivity contribution in [3.05, 3.63) is 76.9 Å². The quantitative estimate of drug-likeness (QED) is 0.808. The maximum absolute atomic E-state index is 11.9. The lowest BCUT2D eigenvalue weighted by Gasteiger charge is -2.31. The molecule has 5 heteroatoms. The molecule has 0 aliphatic carbocycles. The fourth-order valence-corrected chi connectivity index (χ4v) is 3.23. The zero-order chi connectivity index (χ0) is 17.3. The third kappa shape index (κ3) is 2.65. The number of nitrogens with zero attached hydrogens (tertiary/aromatic N) is 1. The number of aliphatic carboxylic acids is 1. The predicted molar refractivity (Wildman–Crippen MR) is 91.2 cm³/mol. The Labute approximate surface area is 140 Å². The molecule has 1 aromatic heterocycles. The van der Waals surface area contributed by atoms with Gasteiger partial charge in [0.2, 0.25) is 0 Å². The number of aromatic nitrogens is 1. The average Bonchev–Trinajstić information content (AvgIpc) is 2.55. The standard InChI is InChI=1S/C19H18N2O3/c1-11-16(13-6-5-9-20-10-13)18(14-7-3-4-8-15(14)22)17(19(23)24)12(2)21-11/h3-10,18,21-22H,1-2H3,(H,23,24). The highest BCUT2D eigenvalue weighted by Gasteiger charge is 2.35. The van der Waals surface area contributed by atoms with Gasteiger partial charge in [0.25, 0.3) is 0 Å². The molecule has 1 atom stereocenters. The summed E-state index contributed by atoms with van der Waals surface area (Å²) in [5, 5.41) is 23.2. The minimum atomic E-state index is -1.01. The van der Waals surface area contributed by atoms with Crippen LogP contribution in [0.15, 0.2) is 65.8 Å². The van der Waals surface area contributed by atoms with Gasteiger partial charge in [-0.15, -0.1) is 0 Å². The van der Waals surface area contributed by atoms with Crippen molar-refractivity contribution in [2.75, 3.05) is 0 Å². The fraction of sp³-hybridized carbons (Fsp3) is 0.158. The first kappa shape index (κ1) is 15.8. The van der Waals surface area contributed by atoms with Gasteiger partial charge in [-0.3, -0.25) is 4.98 Å². The number of carboxylic acids is 1. The molecular weight excluding hydrogens is 304 g/mol. The van der Waals surface area contributed by atoms with Crippen molar-refractivity contribution in [2.24, 2.45) is 0 Å². The van der Waals surface area contributed by atoms with Crippen LogP contribution < -0.4 is 5.32 Å². The molecule has 0 saturated heterocycles. The highest BCUT2D eigenvalue weighted by molar-refractivity contribution is 5.96. The van der Waals surface area contributed by atoms with Crippen LogP contribution in [0.2, 0.25) is 0 Å². The van der Waals surface area contributed by atoms with Crippen LogP contribution in [0.4, 0.5) is 0 Å². The van der Waals surface area contributed by atoms with Crippen molar-refractivity contribution in [2.45, 2.75) is 19.8 Å². The second-order valence-corrected chi connectivity index (χ2v) is 5.74. The number of para-hydroxylation sites is 1. The molecule has 1 aliphatic heterocycles. The number of carboxylic acid groups (broad SMARTS) is 1. The van der Waals surface area contributed by atoms with E-state index in [1.54, 1.807) is 43.6 Å². The van der Waals surface area contributed by atoms with E-state index in [9.17, 15) is 15.0 Å². The van der Waals surface area contributed by atoms with Gasteiger partial charge in [-0.05, 0) is 37.1 Å². The van der Waals surface area contributed by atoms with E-state index in [2.05, 4.69) is 10.3 Å². The molecule has 3 rings (SSSR count). The Morgan fingerprint density at radius 2 is 1.88 bits per heavy atom. The van der Waals surface area contributed by atoms with Gasteiger partial charge in [-0.1, -0.05) is 24.3 Å². The van der Waals surface area contributed by atoms with E-state index in [0.29, 0.717) is 11.3 Å². The Kier molecular flexibility index (Phi) is 4.08. The summed E-state index contributed by atoms with van der Waals surface area (Å²) < 4.78 is 0. The van der Waals surface area contributed by atoms with Gasteiger partial charge >= 0.3 is 5.97 Å². The molecular formula is C19H18N2O3. The van der Waals surface area contributed by atoms with Crippen LogP contribution in [0.25, 0.3) is 5.57 Å². The second-order valence-electron chi connectivity index (χ2n) is 5.74. The smallest absolute Gasteiger partial charge is 0.334 e. The minimum absolute atomic E-state index is 0.0742. The summed E-state index contributed by atoms with van der Waals surface area (Å²) in [5.41, 5.74) is 3.82. The molecule has 2 aromatic rings. The van der Waals surface area contributed by atoms with E-state index in [1.807, 2.05) is 19.1 Å². The van der Waals surface area contributed by atoms with Gasteiger partial charge in [0, 0.05) is 35.3 Å². The Morgan fingerprint density at radius 3 is 2.50 bits per heavy atom. The number of phenolic OH excluding ortho intramolecular Hbond substituents is 1. The monoisotopic (exact) mass is 322 g/mol. The lowest BCUT2D eigenvalue weighted by molar-refractivity contribution is -0.132. The van der Waals surface area contributed by atoms with Gasteiger partial charge in [-0.25, -0.2) is 4.79 Å². The highest BCUT2D eigenvalue weighted by Crippen LogP contribution is 2.45. The molecule has 2 heterocycles. The van der Waals surface area contributed by atoms with Crippen LogP contribution in [0, 0.1) is 0 Å². The number of phenols is 1. The molecule has 3 N–H and O–H groups in total. The number of aromatic hydroxyl groups is 1. The van der Waals surface area contributed by atoms with E-state index in [4.69, 9.17) is 0 Å². The molecule has 0 spiro atoms. The molecule has 0 radical (unpaired) electrons. The lowest BCUT2D eigenvalue weighted by atomic mass is 9.77. The van der Waals surface area contributed by atoms with Gasteiger partial charge in [0.05, 0.1) is 5.57 Å². The Balaban J connectivity index is 2.28. The van der Waals surface area contributed by atoms with Gasteiger partial charge in [0.15, 0.2) is 0 Å². The number of dihydropyridines is 1. The third-order valence-electron chi connectivity index (χ3n) is 4.21. The zero-order valence-electron chi connectivity index (χ0n) is 13.4. The molecule has 1 aromatic carbocycles. The zero-order valence-corrected chi connectivity index (χ0v) is 13.4. The summed E-state index contributed by atoms with van der Waals surface area (Å²) in [4.78, 5) is 16.1. The fourth-order valence-electron chi connectivity index (χ4n) is 3.23. The van der Waals surface area contributed by atoms with E-state index >= 15 is 0 Å². The van der Waals surface area contributed by atoms with Crippen molar-refractivity contribution in [3.63, 3.8) is 0 Å². The molecule has 1 aliphatic rings. The van der Waals surface area contributed by atoms with Gasteiger partial charge in [0.1, 0.15) is 5.75 Å². The number of carbonyl (C=O) groups is 1. The van der Waals surface area contributed by atoms with Crippen molar-refractivity contribution in [1.29, 1.82) is 0 Å². The van der Waals surface area contributed by atoms with E-state index in [0.717, 1.165) is 16.8 Å². The van der Waals surface area contributed by atoms with Gasteiger partial charge in [-0.2, -0.15) is 0 Å². The molecule has 0 saturated carbocycles. The average molecular weight is 322 g/mol. The largest absolute Gasteiger partial charge is 0.508 e. The maximum Gasteiger partial charge on any atom is 0.334 e. The van der Waals surface area contributed by atoms with Crippen molar-refractivity contribution >= 4 is 11.5 Å².